The standard InChI is InChI=1S/C14H19F2N3/c15-14(16)19-6-5-18-13(19)3-4-17-9-12-8-10-1-2-11(12)7-10/h1-2,5-6,10-12,14,17H,3-4,7-9H2. The molecule has 1 heterocycles. The fraction of sp³-hybridized carbons (Fsp3) is 0.643. The van der Waals surface area contributed by atoms with E-state index >= 15 is 0 Å². The Morgan fingerprint density at radius 2 is 2.26 bits per heavy atom. The van der Waals surface area contributed by atoms with E-state index in [0.29, 0.717) is 18.8 Å². The Hall–Kier alpha value is -1.23. The fourth-order valence-corrected chi connectivity index (χ4v) is 3.33. The first-order valence-corrected chi connectivity index (χ1v) is 6.93. The predicted octanol–water partition coefficient (Wildman–Crippen LogP) is 2.62. The summed E-state index contributed by atoms with van der Waals surface area (Å²) in [6.07, 6.45) is 10.6. The van der Waals surface area contributed by atoms with Crippen molar-refractivity contribution in [2.24, 2.45) is 17.8 Å². The molecule has 1 aromatic rings. The molecule has 1 saturated carbocycles. The van der Waals surface area contributed by atoms with E-state index in [1.54, 1.807) is 0 Å². The summed E-state index contributed by atoms with van der Waals surface area (Å²) in [7, 11) is 0. The van der Waals surface area contributed by atoms with Gasteiger partial charge >= 0.3 is 6.55 Å². The van der Waals surface area contributed by atoms with Crippen LogP contribution in [-0.4, -0.2) is 22.6 Å². The average molecular weight is 267 g/mol. The van der Waals surface area contributed by atoms with Crippen LogP contribution in [0.15, 0.2) is 24.5 Å². The monoisotopic (exact) mass is 267 g/mol. The van der Waals surface area contributed by atoms with Gasteiger partial charge in [0.2, 0.25) is 0 Å². The lowest BCUT2D eigenvalue weighted by atomic mass is 9.94. The molecule has 3 rings (SSSR count). The number of hydrogen-bond donors (Lipinski definition) is 1. The summed E-state index contributed by atoms with van der Waals surface area (Å²) in [4.78, 5) is 3.98. The van der Waals surface area contributed by atoms with Crippen LogP contribution in [0.2, 0.25) is 0 Å². The number of hydrogen-bond acceptors (Lipinski definition) is 2. The van der Waals surface area contributed by atoms with Gasteiger partial charge < -0.3 is 5.32 Å². The van der Waals surface area contributed by atoms with Crippen LogP contribution in [0.5, 0.6) is 0 Å². The number of halogens is 2. The number of allylic oxidation sites excluding steroid dienone is 2. The van der Waals surface area contributed by atoms with E-state index in [1.807, 2.05) is 0 Å². The summed E-state index contributed by atoms with van der Waals surface area (Å²) in [6.45, 7) is -0.796. The zero-order valence-corrected chi connectivity index (χ0v) is 10.8. The van der Waals surface area contributed by atoms with Crippen LogP contribution in [-0.2, 0) is 6.42 Å². The van der Waals surface area contributed by atoms with Crippen LogP contribution < -0.4 is 5.32 Å². The molecule has 1 N–H and O–H groups in total. The Balaban J connectivity index is 1.41. The Morgan fingerprint density at radius 3 is 2.95 bits per heavy atom. The van der Waals surface area contributed by atoms with Crippen molar-refractivity contribution < 1.29 is 8.78 Å². The van der Waals surface area contributed by atoms with E-state index in [0.717, 1.165) is 28.9 Å². The third-order valence-electron chi connectivity index (χ3n) is 4.31. The molecule has 1 fully saturated rings. The Bertz CT molecular complexity index is 455. The maximum absolute atomic E-state index is 12.6. The molecule has 3 unspecified atom stereocenters. The Labute approximate surface area is 111 Å². The van der Waals surface area contributed by atoms with Gasteiger partial charge in [0.05, 0.1) is 0 Å². The molecule has 104 valence electrons. The largest absolute Gasteiger partial charge is 0.319 e. The van der Waals surface area contributed by atoms with Gasteiger partial charge in [-0.2, -0.15) is 8.78 Å². The predicted molar refractivity (Wildman–Crippen MR) is 68.9 cm³/mol. The third-order valence-corrected chi connectivity index (χ3v) is 4.31. The van der Waals surface area contributed by atoms with Crippen LogP contribution in [0.4, 0.5) is 8.78 Å². The lowest BCUT2D eigenvalue weighted by molar-refractivity contribution is 0.0670. The van der Waals surface area contributed by atoms with E-state index < -0.39 is 6.55 Å². The van der Waals surface area contributed by atoms with E-state index in [4.69, 9.17) is 0 Å². The molecule has 3 atom stereocenters. The van der Waals surface area contributed by atoms with E-state index in [1.165, 1.54) is 25.2 Å². The van der Waals surface area contributed by atoms with Gasteiger partial charge in [-0.15, -0.1) is 0 Å². The normalized spacial score (nSPS) is 28.7. The zero-order valence-electron chi connectivity index (χ0n) is 10.8. The highest BCUT2D eigenvalue weighted by Gasteiger charge is 2.34. The first kappa shape index (κ1) is 12.8. The number of alkyl halides is 2. The van der Waals surface area contributed by atoms with Crippen molar-refractivity contribution in [3.05, 3.63) is 30.4 Å². The molecule has 0 radical (unpaired) electrons. The molecular formula is C14H19F2N3. The lowest BCUT2D eigenvalue weighted by Crippen LogP contribution is -2.27. The zero-order chi connectivity index (χ0) is 13.2. The SMILES string of the molecule is FC(F)n1ccnc1CCNCC1CC2C=CC1C2. The highest BCUT2D eigenvalue weighted by molar-refractivity contribution is 5.10. The molecule has 5 heteroatoms. The minimum atomic E-state index is -2.49. The van der Waals surface area contributed by atoms with Crippen LogP contribution in [0.25, 0.3) is 0 Å². The van der Waals surface area contributed by atoms with Gasteiger partial charge in [-0.05, 0) is 37.1 Å². The molecule has 0 spiro atoms. The summed E-state index contributed by atoms with van der Waals surface area (Å²) < 4.78 is 26.2. The second-order valence-electron chi connectivity index (χ2n) is 5.52. The lowest BCUT2D eigenvalue weighted by Gasteiger charge is -2.18. The summed E-state index contributed by atoms with van der Waals surface area (Å²) >= 11 is 0. The van der Waals surface area contributed by atoms with E-state index in [2.05, 4.69) is 22.5 Å². The first-order chi connectivity index (χ1) is 9.24. The topological polar surface area (TPSA) is 29.9 Å². The number of nitrogens with one attached hydrogen (secondary N) is 1. The Kier molecular flexibility index (Phi) is 3.64. The van der Waals surface area contributed by atoms with Crippen LogP contribution in [0.3, 0.4) is 0 Å². The maximum Gasteiger partial charge on any atom is 0.319 e. The first-order valence-electron chi connectivity index (χ1n) is 6.93. The fourth-order valence-electron chi connectivity index (χ4n) is 3.33. The van der Waals surface area contributed by atoms with Crippen molar-refractivity contribution in [3.8, 4) is 0 Å². The van der Waals surface area contributed by atoms with Crippen LogP contribution in [0, 0.1) is 17.8 Å². The van der Waals surface area contributed by atoms with Gasteiger partial charge in [-0.3, -0.25) is 4.57 Å². The number of fused-ring (bicyclic) bond motifs is 2. The molecule has 2 aliphatic rings. The number of imidazole rings is 1. The van der Waals surface area contributed by atoms with Gasteiger partial charge in [0, 0.05) is 25.4 Å². The number of nitrogens with zero attached hydrogens (tertiary/aromatic N) is 2. The van der Waals surface area contributed by atoms with Gasteiger partial charge in [0.15, 0.2) is 0 Å². The molecular weight excluding hydrogens is 248 g/mol. The molecule has 2 bridgehead atoms. The smallest absolute Gasteiger partial charge is 0.316 e. The average Bonchev–Trinajstić information content (AvgIpc) is 3.09. The molecule has 0 saturated heterocycles. The quantitative estimate of drug-likeness (QED) is 0.634. The van der Waals surface area contributed by atoms with Gasteiger partial charge in [0.1, 0.15) is 5.82 Å². The number of aromatic nitrogens is 2. The van der Waals surface area contributed by atoms with Crippen molar-refractivity contribution in [1.29, 1.82) is 0 Å². The highest BCUT2D eigenvalue weighted by Crippen LogP contribution is 2.42. The summed E-state index contributed by atoms with van der Waals surface area (Å²) in [5, 5.41) is 3.38. The second-order valence-corrected chi connectivity index (χ2v) is 5.52. The summed E-state index contributed by atoms with van der Waals surface area (Å²) in [6, 6.07) is 0. The molecule has 19 heavy (non-hydrogen) atoms. The van der Waals surface area contributed by atoms with Crippen molar-refractivity contribution in [2.75, 3.05) is 13.1 Å². The molecule has 0 aliphatic heterocycles. The van der Waals surface area contributed by atoms with Gasteiger partial charge in [-0.25, -0.2) is 4.98 Å². The van der Waals surface area contributed by atoms with E-state index in [-0.39, 0.29) is 0 Å². The molecule has 2 aliphatic carbocycles. The summed E-state index contributed by atoms with van der Waals surface area (Å²) in [5.41, 5.74) is 0. The van der Waals surface area contributed by atoms with Crippen molar-refractivity contribution in [3.63, 3.8) is 0 Å². The van der Waals surface area contributed by atoms with Gasteiger partial charge in [-0.1, -0.05) is 12.2 Å². The minimum absolute atomic E-state index is 0.454. The second kappa shape index (κ2) is 5.41. The third kappa shape index (κ3) is 2.71. The Morgan fingerprint density at radius 1 is 1.37 bits per heavy atom. The van der Waals surface area contributed by atoms with Crippen LogP contribution >= 0.6 is 0 Å². The van der Waals surface area contributed by atoms with Crippen molar-refractivity contribution >= 4 is 0 Å². The van der Waals surface area contributed by atoms with Crippen molar-refractivity contribution in [1.82, 2.24) is 14.9 Å². The highest BCUT2D eigenvalue weighted by atomic mass is 19.3. The van der Waals surface area contributed by atoms with Crippen molar-refractivity contribution in [2.45, 2.75) is 25.8 Å². The number of rotatable bonds is 6. The van der Waals surface area contributed by atoms with Gasteiger partial charge in [0.25, 0.3) is 0 Å². The minimum Gasteiger partial charge on any atom is -0.316 e. The molecule has 1 aromatic heterocycles. The maximum atomic E-state index is 12.6. The molecule has 3 nitrogen and oxygen atoms in total. The van der Waals surface area contributed by atoms with Crippen LogP contribution in [0.1, 0.15) is 25.2 Å². The molecule has 0 amide bonds. The molecule has 0 aromatic carbocycles. The van der Waals surface area contributed by atoms with E-state index in [9.17, 15) is 8.78 Å². The summed E-state index contributed by atoms with van der Waals surface area (Å²) in [5.74, 6) is 2.70.